The average molecular weight is 545 g/mol. The van der Waals surface area contributed by atoms with Crippen LogP contribution in [0.15, 0.2) is 97.6 Å². The van der Waals surface area contributed by atoms with E-state index in [1.807, 2.05) is 18.2 Å². The normalized spacial score (nSPS) is 15.3. The molecule has 0 amide bonds. The smallest absolute Gasteiger partial charge is 0.261 e. The summed E-state index contributed by atoms with van der Waals surface area (Å²) < 4.78 is 19.3. The zero-order chi connectivity index (χ0) is 28.5. The Morgan fingerprint density at radius 1 is 0.795 bits per heavy atom. The molecule has 4 atom stereocenters. The van der Waals surface area contributed by atoms with Crippen molar-refractivity contribution in [1.82, 2.24) is 0 Å². The van der Waals surface area contributed by atoms with Gasteiger partial charge in [0, 0.05) is 6.10 Å². The summed E-state index contributed by atoms with van der Waals surface area (Å²) in [5, 5.41) is 2.58. The highest BCUT2D eigenvalue weighted by Crippen LogP contribution is 2.39. The molecular weight excluding hydrogens is 496 g/mol. The Morgan fingerprint density at radius 2 is 1.33 bits per heavy atom. The highest BCUT2D eigenvalue weighted by molar-refractivity contribution is 6.99. The van der Waals surface area contributed by atoms with E-state index in [2.05, 4.69) is 121 Å². The molecule has 0 saturated carbocycles. The summed E-state index contributed by atoms with van der Waals surface area (Å²) in [6, 6.07) is 29.9. The third-order valence-corrected chi connectivity index (χ3v) is 13.1. The molecule has 0 aliphatic rings. The van der Waals surface area contributed by atoms with Gasteiger partial charge in [-0.05, 0) is 64.7 Å². The van der Waals surface area contributed by atoms with E-state index in [0.29, 0.717) is 18.4 Å². The zero-order valence-corrected chi connectivity index (χ0v) is 26.0. The number of hydrogen-bond donors (Lipinski definition) is 0. The first-order valence-corrected chi connectivity index (χ1v) is 16.2. The van der Waals surface area contributed by atoms with Crippen LogP contribution in [0, 0.1) is 11.8 Å². The van der Waals surface area contributed by atoms with E-state index < -0.39 is 8.32 Å². The van der Waals surface area contributed by atoms with Crippen molar-refractivity contribution in [1.29, 1.82) is 0 Å². The minimum absolute atomic E-state index is 0.0515. The van der Waals surface area contributed by atoms with Crippen molar-refractivity contribution in [2.75, 3.05) is 7.11 Å². The average Bonchev–Trinajstić information content (AvgIpc) is 2.94. The van der Waals surface area contributed by atoms with Crippen LogP contribution in [0.4, 0.5) is 0 Å². The summed E-state index contributed by atoms with van der Waals surface area (Å²) in [6.07, 6.45) is 4.00. The zero-order valence-electron chi connectivity index (χ0n) is 25.0. The van der Waals surface area contributed by atoms with Crippen LogP contribution in [-0.2, 0) is 15.8 Å². The molecule has 0 saturated heterocycles. The molecule has 0 N–H and O–H groups in total. The number of benzene rings is 3. The van der Waals surface area contributed by atoms with Crippen LogP contribution in [0.25, 0.3) is 0 Å². The molecule has 39 heavy (non-hydrogen) atoms. The van der Waals surface area contributed by atoms with Gasteiger partial charge in [0.05, 0.1) is 19.8 Å². The molecule has 0 spiro atoms. The topological polar surface area (TPSA) is 27.7 Å². The van der Waals surface area contributed by atoms with Crippen LogP contribution in [0.5, 0.6) is 5.75 Å². The van der Waals surface area contributed by atoms with Gasteiger partial charge in [0.15, 0.2) is 0 Å². The van der Waals surface area contributed by atoms with Crippen LogP contribution in [0.2, 0.25) is 5.04 Å². The maximum absolute atomic E-state index is 7.41. The first-order valence-electron chi connectivity index (χ1n) is 14.3. The molecule has 0 aliphatic heterocycles. The Balaban J connectivity index is 1.85. The molecule has 0 heterocycles. The molecule has 0 aliphatic carbocycles. The first kappa shape index (κ1) is 30.9. The van der Waals surface area contributed by atoms with E-state index in [1.165, 1.54) is 10.4 Å². The lowest BCUT2D eigenvalue weighted by Gasteiger charge is -2.46. The molecule has 0 bridgehead atoms. The fourth-order valence-electron chi connectivity index (χ4n) is 5.45. The third kappa shape index (κ3) is 7.72. The standard InChI is InChI=1S/C35H48O3Si/c1-9-16-27(2)34(37-26-30-21-23-31(36-8)24-22-30)25-28(3)29(4)38-39(35(5,6)7,32-17-12-10-13-18-32)33-19-14-11-15-20-33/h9-15,17-24,27-29,34H,1,16,25-26H2,2-8H3/t27-,28-,29-,34+/m0/s1. The number of hydrogen-bond acceptors (Lipinski definition) is 3. The number of rotatable bonds is 14. The maximum Gasteiger partial charge on any atom is 0.261 e. The molecule has 0 aromatic heterocycles. The van der Waals surface area contributed by atoms with Crippen molar-refractivity contribution >= 4 is 18.7 Å². The second-order valence-electron chi connectivity index (χ2n) is 11.9. The van der Waals surface area contributed by atoms with Gasteiger partial charge in [-0.1, -0.05) is 113 Å². The van der Waals surface area contributed by atoms with Crippen molar-refractivity contribution in [3.63, 3.8) is 0 Å². The Morgan fingerprint density at radius 3 is 1.79 bits per heavy atom. The molecule has 0 fully saturated rings. The molecule has 0 unspecified atom stereocenters. The fourth-order valence-corrected chi connectivity index (χ4v) is 10.3. The lowest BCUT2D eigenvalue weighted by molar-refractivity contribution is -0.0186. The van der Waals surface area contributed by atoms with Gasteiger partial charge in [-0.15, -0.1) is 6.58 Å². The largest absolute Gasteiger partial charge is 0.497 e. The van der Waals surface area contributed by atoms with E-state index in [1.54, 1.807) is 7.11 Å². The van der Waals surface area contributed by atoms with Gasteiger partial charge in [-0.3, -0.25) is 0 Å². The lowest BCUT2D eigenvalue weighted by atomic mass is 9.90. The van der Waals surface area contributed by atoms with E-state index in [-0.39, 0.29) is 17.2 Å². The summed E-state index contributed by atoms with van der Waals surface area (Å²) in [5.41, 5.74) is 1.15. The van der Waals surface area contributed by atoms with Crippen molar-refractivity contribution in [2.24, 2.45) is 11.8 Å². The molecule has 3 nitrogen and oxygen atoms in total. The van der Waals surface area contributed by atoms with Crippen molar-refractivity contribution in [3.8, 4) is 5.75 Å². The Kier molecular flexibility index (Phi) is 11.2. The summed E-state index contributed by atoms with van der Waals surface area (Å²) in [4.78, 5) is 0. The Hall–Kier alpha value is -2.66. The lowest BCUT2D eigenvalue weighted by Crippen LogP contribution is -2.68. The van der Waals surface area contributed by atoms with E-state index in [9.17, 15) is 0 Å². The summed E-state index contributed by atoms with van der Waals surface area (Å²) in [7, 11) is -0.927. The second-order valence-corrected chi connectivity index (χ2v) is 16.2. The van der Waals surface area contributed by atoms with Gasteiger partial charge in [-0.2, -0.15) is 0 Å². The third-order valence-electron chi connectivity index (χ3n) is 7.98. The summed E-state index contributed by atoms with van der Waals surface area (Å²) in [5.74, 6) is 1.53. The molecule has 0 radical (unpaired) electrons. The quantitative estimate of drug-likeness (QED) is 0.153. The van der Waals surface area contributed by atoms with Crippen LogP contribution in [0.1, 0.15) is 59.9 Å². The highest BCUT2D eigenvalue weighted by atomic mass is 28.4. The predicted octanol–water partition coefficient (Wildman–Crippen LogP) is 7.78. The number of allylic oxidation sites excluding steroid dienone is 1. The van der Waals surface area contributed by atoms with Crippen molar-refractivity contribution in [2.45, 2.75) is 78.2 Å². The van der Waals surface area contributed by atoms with Crippen LogP contribution < -0.4 is 15.1 Å². The van der Waals surface area contributed by atoms with Gasteiger partial charge in [0.1, 0.15) is 5.75 Å². The fraction of sp³-hybridized carbons (Fsp3) is 0.429. The Labute approximate surface area is 238 Å². The highest BCUT2D eigenvalue weighted by Gasteiger charge is 2.51. The van der Waals surface area contributed by atoms with Crippen molar-refractivity contribution < 1.29 is 13.9 Å². The second kappa shape index (κ2) is 14.1. The van der Waals surface area contributed by atoms with Gasteiger partial charge in [0.2, 0.25) is 0 Å². The monoisotopic (exact) mass is 544 g/mol. The van der Waals surface area contributed by atoms with Gasteiger partial charge in [0.25, 0.3) is 8.32 Å². The molecule has 3 aromatic carbocycles. The molecule has 3 aromatic rings. The number of methoxy groups -OCH3 is 1. The number of ether oxygens (including phenoxy) is 2. The van der Waals surface area contributed by atoms with Crippen molar-refractivity contribution in [3.05, 3.63) is 103 Å². The molecule has 3 rings (SSSR count). The van der Waals surface area contributed by atoms with E-state index >= 15 is 0 Å². The molecule has 210 valence electrons. The van der Waals surface area contributed by atoms with Gasteiger partial charge >= 0.3 is 0 Å². The summed E-state index contributed by atoms with van der Waals surface area (Å²) in [6.45, 7) is 18.4. The van der Waals surface area contributed by atoms with Crippen LogP contribution in [0.3, 0.4) is 0 Å². The van der Waals surface area contributed by atoms with Crippen LogP contribution >= 0.6 is 0 Å². The van der Waals surface area contributed by atoms with Gasteiger partial charge < -0.3 is 13.9 Å². The van der Waals surface area contributed by atoms with E-state index in [0.717, 1.165) is 24.2 Å². The minimum atomic E-state index is -2.62. The molecule has 4 heteroatoms. The minimum Gasteiger partial charge on any atom is -0.497 e. The molecular formula is C35H48O3Si. The maximum atomic E-state index is 7.41. The predicted molar refractivity (Wildman–Crippen MR) is 167 cm³/mol. The SMILES string of the molecule is C=CC[C@H](C)[C@@H](C[C@H](C)[C@H](C)O[Si](c1ccccc1)(c1ccccc1)C(C)(C)C)OCc1ccc(OC)cc1. The summed E-state index contributed by atoms with van der Waals surface area (Å²) >= 11 is 0. The first-order chi connectivity index (χ1) is 18.6. The van der Waals surface area contributed by atoms with Crippen LogP contribution in [-0.4, -0.2) is 27.6 Å². The van der Waals surface area contributed by atoms with E-state index in [4.69, 9.17) is 13.9 Å². The Bertz CT molecular complexity index is 1080. The van der Waals surface area contributed by atoms with Gasteiger partial charge in [-0.25, -0.2) is 0 Å².